The first-order valence-corrected chi connectivity index (χ1v) is 6.14. The zero-order valence-electron chi connectivity index (χ0n) is 10.8. The first kappa shape index (κ1) is 14.9. The highest BCUT2D eigenvalue weighted by Gasteiger charge is 2.21. The molecule has 108 valence electrons. The molecular weight excluding hydrogens is 301 g/mol. The molecule has 0 unspecified atom stereocenters. The lowest BCUT2D eigenvalue weighted by Crippen LogP contribution is -2.03. The number of hydrogen-bond donors (Lipinski definition) is 0. The summed E-state index contributed by atoms with van der Waals surface area (Å²) in [6.07, 6.45) is 0. The molecule has 0 aliphatic rings. The third kappa shape index (κ3) is 3.00. The van der Waals surface area contributed by atoms with E-state index in [1.54, 1.807) is 0 Å². The third-order valence-electron chi connectivity index (χ3n) is 2.83. The Labute approximate surface area is 124 Å². The zero-order chi connectivity index (χ0) is 15.6. The van der Waals surface area contributed by atoms with Gasteiger partial charge in [-0.3, -0.25) is 10.1 Å². The molecule has 0 heterocycles. The maximum Gasteiger partial charge on any atom is 0.338 e. The Morgan fingerprint density at radius 2 is 1.95 bits per heavy atom. The van der Waals surface area contributed by atoms with Gasteiger partial charge in [-0.15, -0.1) is 0 Å². The van der Waals surface area contributed by atoms with Crippen LogP contribution in [0.25, 0.3) is 11.1 Å². The summed E-state index contributed by atoms with van der Waals surface area (Å²) in [4.78, 5) is 21.9. The molecule has 21 heavy (non-hydrogen) atoms. The number of ether oxygens (including phenoxy) is 1. The van der Waals surface area contributed by atoms with Crippen LogP contribution in [-0.2, 0) is 4.74 Å². The number of nitrogens with zero attached hydrogens (tertiary/aromatic N) is 1. The van der Waals surface area contributed by atoms with Crippen molar-refractivity contribution in [1.82, 2.24) is 0 Å². The highest BCUT2D eigenvalue weighted by atomic mass is 35.5. The number of nitro benzene ring substituents is 1. The molecule has 0 saturated heterocycles. The molecule has 2 aromatic rings. The highest BCUT2D eigenvalue weighted by Crippen LogP contribution is 2.35. The molecule has 0 fully saturated rings. The molecule has 2 rings (SSSR count). The largest absolute Gasteiger partial charge is 0.465 e. The first-order valence-electron chi connectivity index (χ1n) is 5.76. The Balaban J connectivity index is 2.66. The number of nitro groups is 1. The monoisotopic (exact) mass is 309 g/mol. The van der Waals surface area contributed by atoms with Crippen molar-refractivity contribution in [3.8, 4) is 11.1 Å². The van der Waals surface area contributed by atoms with E-state index < -0.39 is 16.7 Å². The molecule has 0 radical (unpaired) electrons. The summed E-state index contributed by atoms with van der Waals surface area (Å²) in [5, 5.41) is 11.3. The number of esters is 1. The number of carbonyl (C=O) groups excluding carboxylic acids is 1. The standard InChI is InChI=1S/C14H9ClFNO4/c1-21-14(18)8-2-4-10(13(6-8)17(19)20)11-7-9(16)3-5-12(11)15/h2-7H,1H3. The van der Waals surface area contributed by atoms with Crippen molar-refractivity contribution in [3.63, 3.8) is 0 Å². The SMILES string of the molecule is COC(=O)c1ccc(-c2cc(F)ccc2Cl)c([N+](=O)[O-])c1. The van der Waals surface area contributed by atoms with E-state index in [2.05, 4.69) is 4.74 Å². The molecule has 5 nitrogen and oxygen atoms in total. The van der Waals surface area contributed by atoms with Crippen molar-refractivity contribution < 1.29 is 18.8 Å². The summed E-state index contributed by atoms with van der Waals surface area (Å²) in [6, 6.07) is 7.33. The van der Waals surface area contributed by atoms with Crippen LogP contribution in [0.3, 0.4) is 0 Å². The quantitative estimate of drug-likeness (QED) is 0.490. The van der Waals surface area contributed by atoms with Crippen LogP contribution < -0.4 is 0 Å². The molecule has 0 atom stereocenters. The predicted octanol–water partition coefficient (Wildman–Crippen LogP) is 3.84. The van der Waals surface area contributed by atoms with E-state index in [-0.39, 0.29) is 27.4 Å². The van der Waals surface area contributed by atoms with Gasteiger partial charge in [-0.1, -0.05) is 11.6 Å². The van der Waals surface area contributed by atoms with Gasteiger partial charge in [-0.05, 0) is 30.3 Å². The van der Waals surface area contributed by atoms with Gasteiger partial charge in [-0.25, -0.2) is 9.18 Å². The molecule has 0 aliphatic heterocycles. The summed E-state index contributed by atoms with van der Waals surface area (Å²) >= 11 is 5.96. The van der Waals surface area contributed by atoms with E-state index in [9.17, 15) is 19.3 Å². The van der Waals surface area contributed by atoms with Crippen LogP contribution in [-0.4, -0.2) is 18.0 Å². The smallest absolute Gasteiger partial charge is 0.338 e. The molecule has 0 bridgehead atoms. The lowest BCUT2D eigenvalue weighted by Gasteiger charge is -2.07. The molecule has 0 N–H and O–H groups in total. The van der Waals surface area contributed by atoms with Crippen molar-refractivity contribution in [2.45, 2.75) is 0 Å². The van der Waals surface area contributed by atoms with Gasteiger partial charge < -0.3 is 4.74 Å². The van der Waals surface area contributed by atoms with Crippen molar-refractivity contribution in [2.75, 3.05) is 7.11 Å². The third-order valence-corrected chi connectivity index (χ3v) is 3.16. The Morgan fingerprint density at radius 3 is 2.57 bits per heavy atom. The van der Waals surface area contributed by atoms with Gasteiger partial charge in [0, 0.05) is 16.7 Å². The maximum atomic E-state index is 13.3. The Hall–Kier alpha value is -2.47. The first-order chi connectivity index (χ1) is 9.93. The fourth-order valence-electron chi connectivity index (χ4n) is 1.86. The lowest BCUT2D eigenvalue weighted by molar-refractivity contribution is -0.384. The minimum absolute atomic E-state index is 0.0282. The summed E-state index contributed by atoms with van der Waals surface area (Å²) < 4.78 is 17.8. The van der Waals surface area contributed by atoms with Crippen LogP contribution >= 0.6 is 11.6 Å². The fraction of sp³-hybridized carbons (Fsp3) is 0.0714. The van der Waals surface area contributed by atoms with Gasteiger partial charge in [-0.2, -0.15) is 0 Å². The Bertz CT molecular complexity index is 733. The Kier molecular flexibility index (Phi) is 4.18. The zero-order valence-corrected chi connectivity index (χ0v) is 11.6. The molecule has 0 spiro atoms. The van der Waals surface area contributed by atoms with Crippen LogP contribution in [0.4, 0.5) is 10.1 Å². The normalized spacial score (nSPS) is 10.2. The molecule has 2 aromatic carbocycles. The summed E-state index contributed by atoms with van der Waals surface area (Å²) in [5.41, 5.74) is -0.0252. The van der Waals surface area contributed by atoms with Crippen LogP contribution in [0.5, 0.6) is 0 Å². The highest BCUT2D eigenvalue weighted by molar-refractivity contribution is 6.33. The van der Waals surface area contributed by atoms with E-state index in [0.29, 0.717) is 0 Å². The topological polar surface area (TPSA) is 69.4 Å². The number of hydrogen-bond acceptors (Lipinski definition) is 4. The summed E-state index contributed by atoms with van der Waals surface area (Å²) in [7, 11) is 1.17. The minimum Gasteiger partial charge on any atom is -0.465 e. The molecule has 0 aliphatic carbocycles. The number of benzene rings is 2. The van der Waals surface area contributed by atoms with E-state index >= 15 is 0 Å². The fourth-order valence-corrected chi connectivity index (χ4v) is 2.08. The van der Waals surface area contributed by atoms with Gasteiger partial charge in [0.2, 0.25) is 0 Å². The lowest BCUT2D eigenvalue weighted by atomic mass is 10.0. The van der Waals surface area contributed by atoms with E-state index in [1.807, 2.05) is 0 Å². The number of halogens is 2. The average Bonchev–Trinajstić information content (AvgIpc) is 2.48. The van der Waals surface area contributed by atoms with E-state index in [4.69, 9.17) is 11.6 Å². The molecule has 0 aromatic heterocycles. The second kappa shape index (κ2) is 5.88. The van der Waals surface area contributed by atoms with E-state index in [0.717, 1.165) is 18.2 Å². The van der Waals surface area contributed by atoms with Crippen LogP contribution in [0, 0.1) is 15.9 Å². The molecular formula is C14H9ClFNO4. The molecule has 0 saturated carbocycles. The molecule has 0 amide bonds. The summed E-state index contributed by atoms with van der Waals surface area (Å²) in [5.74, 6) is -1.27. The van der Waals surface area contributed by atoms with Gasteiger partial charge in [0.15, 0.2) is 0 Å². The van der Waals surface area contributed by atoms with Crippen molar-refractivity contribution >= 4 is 23.3 Å². The number of rotatable bonds is 3. The van der Waals surface area contributed by atoms with Crippen LogP contribution in [0.2, 0.25) is 5.02 Å². The predicted molar refractivity (Wildman–Crippen MR) is 74.8 cm³/mol. The van der Waals surface area contributed by atoms with Gasteiger partial charge in [0.05, 0.1) is 23.2 Å². The van der Waals surface area contributed by atoms with Gasteiger partial charge >= 0.3 is 5.97 Å². The van der Waals surface area contributed by atoms with Crippen molar-refractivity contribution in [3.05, 3.63) is 62.9 Å². The van der Waals surface area contributed by atoms with Crippen molar-refractivity contribution in [1.29, 1.82) is 0 Å². The minimum atomic E-state index is -0.699. The molecule has 7 heteroatoms. The van der Waals surface area contributed by atoms with Crippen molar-refractivity contribution in [2.24, 2.45) is 0 Å². The van der Waals surface area contributed by atoms with Gasteiger partial charge in [0.1, 0.15) is 5.82 Å². The van der Waals surface area contributed by atoms with Gasteiger partial charge in [0.25, 0.3) is 5.69 Å². The average molecular weight is 310 g/mol. The number of methoxy groups -OCH3 is 1. The summed E-state index contributed by atoms with van der Waals surface area (Å²) in [6.45, 7) is 0. The second-order valence-corrected chi connectivity index (χ2v) is 4.51. The number of carbonyl (C=O) groups is 1. The second-order valence-electron chi connectivity index (χ2n) is 4.10. The van der Waals surface area contributed by atoms with Crippen LogP contribution in [0.1, 0.15) is 10.4 Å². The van der Waals surface area contributed by atoms with Crippen LogP contribution in [0.15, 0.2) is 36.4 Å². The Morgan fingerprint density at radius 1 is 1.24 bits per heavy atom. The maximum absolute atomic E-state index is 13.3. The van der Waals surface area contributed by atoms with E-state index in [1.165, 1.54) is 25.3 Å².